The van der Waals surface area contributed by atoms with Crippen molar-refractivity contribution in [2.75, 3.05) is 5.32 Å². The highest BCUT2D eigenvalue weighted by molar-refractivity contribution is 5.89. The Morgan fingerprint density at radius 2 is 1.68 bits per heavy atom. The fraction of sp³-hybridized carbons (Fsp3) is 0.136. The van der Waals surface area contributed by atoms with Gasteiger partial charge in [0.15, 0.2) is 5.65 Å². The van der Waals surface area contributed by atoms with Gasteiger partial charge in [0, 0.05) is 18.3 Å². The van der Waals surface area contributed by atoms with Crippen LogP contribution in [0.1, 0.15) is 16.7 Å². The number of hydrogen-bond donors (Lipinski definition) is 1. The number of aromatic nitrogens is 3. The van der Waals surface area contributed by atoms with Crippen LogP contribution >= 0.6 is 0 Å². The predicted octanol–water partition coefficient (Wildman–Crippen LogP) is 3.34. The number of benzene rings is 2. The molecule has 0 spiro atoms. The third kappa shape index (κ3) is 3.57. The quantitative estimate of drug-likeness (QED) is 0.562. The Balaban J connectivity index is 1.70. The lowest BCUT2D eigenvalue weighted by molar-refractivity contribution is 0.0975. The molecule has 2 aromatic carbocycles. The number of rotatable bonds is 6. The minimum Gasteiger partial charge on any atom is -0.404 e. The first-order chi connectivity index (χ1) is 13.7. The maximum Gasteiger partial charge on any atom is 0.290 e. The Kier molecular flexibility index (Phi) is 5.01. The van der Waals surface area contributed by atoms with Crippen LogP contribution in [-0.4, -0.2) is 14.7 Å². The average molecular weight is 372 g/mol. The highest BCUT2D eigenvalue weighted by Gasteiger charge is 2.16. The summed E-state index contributed by atoms with van der Waals surface area (Å²) in [7, 11) is 0. The van der Waals surface area contributed by atoms with Crippen molar-refractivity contribution in [3.05, 3.63) is 100 Å². The monoisotopic (exact) mass is 372 g/mol. The molecule has 28 heavy (non-hydrogen) atoms. The van der Waals surface area contributed by atoms with E-state index >= 15 is 0 Å². The third-order valence-corrected chi connectivity index (χ3v) is 4.55. The zero-order valence-corrected chi connectivity index (χ0v) is 15.5. The second-order valence-electron chi connectivity index (χ2n) is 6.46. The van der Waals surface area contributed by atoms with Crippen LogP contribution in [-0.2, 0) is 13.2 Å². The SMILES string of the molecule is Cc1c(NCc2ccccc2)c2cncnc2n(OCc2ccccc2)c1=O. The summed E-state index contributed by atoms with van der Waals surface area (Å²) in [5.74, 6) is 0. The van der Waals surface area contributed by atoms with Gasteiger partial charge in [-0.2, -0.15) is 0 Å². The number of fused-ring (bicyclic) bond motifs is 1. The smallest absolute Gasteiger partial charge is 0.290 e. The van der Waals surface area contributed by atoms with Gasteiger partial charge >= 0.3 is 0 Å². The molecule has 140 valence electrons. The Bertz CT molecular complexity index is 1140. The summed E-state index contributed by atoms with van der Waals surface area (Å²) >= 11 is 0. The van der Waals surface area contributed by atoms with Crippen LogP contribution in [0.2, 0.25) is 0 Å². The molecular formula is C22H20N4O2. The fourth-order valence-corrected chi connectivity index (χ4v) is 3.07. The van der Waals surface area contributed by atoms with Gasteiger partial charge in [-0.3, -0.25) is 4.79 Å². The average Bonchev–Trinajstić information content (AvgIpc) is 2.75. The van der Waals surface area contributed by atoms with Crippen LogP contribution in [0.5, 0.6) is 0 Å². The molecule has 0 saturated carbocycles. The van der Waals surface area contributed by atoms with Crippen molar-refractivity contribution < 1.29 is 4.84 Å². The van der Waals surface area contributed by atoms with E-state index in [-0.39, 0.29) is 12.2 Å². The third-order valence-electron chi connectivity index (χ3n) is 4.55. The Morgan fingerprint density at radius 3 is 2.39 bits per heavy atom. The van der Waals surface area contributed by atoms with Crippen molar-refractivity contribution in [1.82, 2.24) is 14.7 Å². The minimum atomic E-state index is -0.238. The molecule has 0 aliphatic heterocycles. The van der Waals surface area contributed by atoms with Crippen LogP contribution in [0, 0.1) is 6.92 Å². The molecule has 0 aliphatic rings. The van der Waals surface area contributed by atoms with Gasteiger partial charge in [-0.15, -0.1) is 4.73 Å². The van der Waals surface area contributed by atoms with E-state index in [0.717, 1.165) is 22.2 Å². The second-order valence-corrected chi connectivity index (χ2v) is 6.46. The molecule has 2 aromatic heterocycles. The zero-order valence-electron chi connectivity index (χ0n) is 15.5. The number of nitrogens with one attached hydrogen (secondary N) is 1. The molecule has 0 aliphatic carbocycles. The standard InChI is InChI=1S/C22H20N4O2/c1-16-20(24-12-17-8-4-2-5-9-17)19-13-23-15-25-21(19)26(22(16)27)28-14-18-10-6-3-7-11-18/h2-11,13,15,24H,12,14H2,1H3. The highest BCUT2D eigenvalue weighted by Crippen LogP contribution is 2.23. The molecule has 0 fully saturated rings. The van der Waals surface area contributed by atoms with E-state index in [0.29, 0.717) is 17.8 Å². The molecule has 0 unspecified atom stereocenters. The second kappa shape index (κ2) is 7.92. The first kappa shape index (κ1) is 17.7. The van der Waals surface area contributed by atoms with E-state index < -0.39 is 0 Å². The summed E-state index contributed by atoms with van der Waals surface area (Å²) in [6, 6.07) is 19.7. The number of pyridine rings is 1. The van der Waals surface area contributed by atoms with E-state index in [1.165, 1.54) is 11.1 Å². The summed E-state index contributed by atoms with van der Waals surface area (Å²) in [5, 5.41) is 4.10. The van der Waals surface area contributed by atoms with Crippen molar-refractivity contribution in [3.8, 4) is 0 Å². The summed E-state index contributed by atoms with van der Waals surface area (Å²) in [6.07, 6.45) is 3.12. The Hall–Kier alpha value is -3.67. The minimum absolute atomic E-state index is 0.238. The topological polar surface area (TPSA) is 69.0 Å². The molecule has 0 atom stereocenters. The molecule has 4 aromatic rings. The van der Waals surface area contributed by atoms with Crippen molar-refractivity contribution in [2.24, 2.45) is 0 Å². The Morgan fingerprint density at radius 1 is 1.00 bits per heavy atom. The maximum atomic E-state index is 13.0. The van der Waals surface area contributed by atoms with Gasteiger partial charge in [0.1, 0.15) is 12.9 Å². The fourth-order valence-electron chi connectivity index (χ4n) is 3.07. The van der Waals surface area contributed by atoms with Gasteiger partial charge < -0.3 is 10.2 Å². The molecule has 4 rings (SSSR count). The zero-order chi connectivity index (χ0) is 19.3. The van der Waals surface area contributed by atoms with E-state index in [9.17, 15) is 4.79 Å². The van der Waals surface area contributed by atoms with Crippen LogP contribution in [0.15, 0.2) is 78.0 Å². The molecule has 0 radical (unpaired) electrons. The van der Waals surface area contributed by atoms with Crippen LogP contribution in [0.4, 0.5) is 5.69 Å². The van der Waals surface area contributed by atoms with E-state index in [1.807, 2.05) is 60.7 Å². The largest absolute Gasteiger partial charge is 0.404 e. The molecule has 1 N–H and O–H groups in total. The van der Waals surface area contributed by atoms with Gasteiger partial charge in [0.25, 0.3) is 5.56 Å². The highest BCUT2D eigenvalue weighted by atomic mass is 16.7. The molecule has 0 bridgehead atoms. The summed E-state index contributed by atoms with van der Waals surface area (Å²) in [4.78, 5) is 27.2. The van der Waals surface area contributed by atoms with Gasteiger partial charge in [-0.1, -0.05) is 60.7 Å². The normalized spacial score (nSPS) is 10.8. The van der Waals surface area contributed by atoms with Gasteiger partial charge in [0.2, 0.25) is 0 Å². The van der Waals surface area contributed by atoms with Crippen molar-refractivity contribution >= 4 is 16.7 Å². The molecule has 2 heterocycles. The van der Waals surface area contributed by atoms with Crippen molar-refractivity contribution in [2.45, 2.75) is 20.1 Å². The van der Waals surface area contributed by atoms with E-state index in [4.69, 9.17) is 4.84 Å². The molecule has 6 nitrogen and oxygen atoms in total. The molecular weight excluding hydrogens is 352 g/mol. The molecule has 0 saturated heterocycles. The lowest BCUT2D eigenvalue weighted by Gasteiger charge is -2.16. The number of nitrogens with zero attached hydrogens (tertiary/aromatic N) is 3. The lowest BCUT2D eigenvalue weighted by Crippen LogP contribution is -2.30. The lowest BCUT2D eigenvalue weighted by atomic mass is 10.1. The van der Waals surface area contributed by atoms with Gasteiger partial charge in [-0.25, -0.2) is 9.97 Å². The van der Waals surface area contributed by atoms with Crippen molar-refractivity contribution in [1.29, 1.82) is 0 Å². The van der Waals surface area contributed by atoms with E-state index in [1.54, 1.807) is 13.1 Å². The molecule has 0 amide bonds. The predicted molar refractivity (Wildman–Crippen MR) is 109 cm³/mol. The first-order valence-corrected chi connectivity index (χ1v) is 9.04. The van der Waals surface area contributed by atoms with Gasteiger partial charge in [-0.05, 0) is 18.1 Å². The van der Waals surface area contributed by atoms with Crippen molar-refractivity contribution in [3.63, 3.8) is 0 Å². The summed E-state index contributed by atoms with van der Waals surface area (Å²) < 4.78 is 1.26. The maximum absolute atomic E-state index is 13.0. The summed E-state index contributed by atoms with van der Waals surface area (Å²) in [5.41, 5.74) is 3.59. The first-order valence-electron chi connectivity index (χ1n) is 9.04. The Labute approximate surface area is 162 Å². The van der Waals surface area contributed by atoms with Crippen LogP contribution in [0.25, 0.3) is 11.0 Å². The summed E-state index contributed by atoms with van der Waals surface area (Å²) in [6.45, 7) is 2.65. The number of hydrogen-bond acceptors (Lipinski definition) is 5. The van der Waals surface area contributed by atoms with E-state index in [2.05, 4.69) is 15.3 Å². The van der Waals surface area contributed by atoms with Gasteiger partial charge in [0.05, 0.1) is 11.1 Å². The number of anilines is 1. The van der Waals surface area contributed by atoms with Crippen LogP contribution in [0.3, 0.4) is 0 Å². The van der Waals surface area contributed by atoms with Crippen LogP contribution < -0.4 is 15.7 Å². The molecule has 6 heteroatoms.